The molecule has 0 fully saturated rings. The van der Waals surface area contributed by atoms with E-state index in [9.17, 15) is 0 Å². The highest BCUT2D eigenvalue weighted by Gasteiger charge is 2.08. The van der Waals surface area contributed by atoms with E-state index in [-0.39, 0.29) is 0 Å². The summed E-state index contributed by atoms with van der Waals surface area (Å²) in [6, 6.07) is 0. The van der Waals surface area contributed by atoms with Crippen molar-refractivity contribution < 1.29 is 0 Å². The molecule has 0 heteroatoms. The second-order valence-corrected chi connectivity index (χ2v) is 7.05. The molecule has 0 aromatic heterocycles. The van der Waals surface area contributed by atoms with Gasteiger partial charge in [0.2, 0.25) is 0 Å². The summed E-state index contributed by atoms with van der Waals surface area (Å²) in [5.41, 5.74) is 0.536. The summed E-state index contributed by atoms with van der Waals surface area (Å²) in [6.45, 7) is 10.9. The minimum Gasteiger partial charge on any atom is -0.0602 e. The van der Waals surface area contributed by atoms with Crippen molar-refractivity contribution in [2.24, 2.45) is 5.41 Å². The molecule has 0 aromatic rings. The van der Waals surface area contributed by atoms with Crippen LogP contribution in [-0.2, 0) is 0 Å². The van der Waals surface area contributed by atoms with Crippen LogP contribution < -0.4 is 0 Å². The Labute approximate surface area is 117 Å². The maximum atomic E-state index is 3.88. The Bertz CT molecular complexity index is 152. The smallest absolute Gasteiger partial charge is 0.0383 e. The van der Waals surface area contributed by atoms with E-state index in [4.69, 9.17) is 0 Å². The van der Waals surface area contributed by atoms with E-state index < -0.39 is 0 Å². The molecule has 0 spiro atoms. The first kappa shape index (κ1) is 18.0. The van der Waals surface area contributed by atoms with Crippen molar-refractivity contribution in [2.75, 3.05) is 0 Å². The minimum atomic E-state index is 0.536. The quantitative estimate of drug-likeness (QED) is 0.330. The molecule has 0 heterocycles. The van der Waals surface area contributed by atoms with Gasteiger partial charge in [0.05, 0.1) is 0 Å². The highest BCUT2D eigenvalue weighted by atomic mass is 14.1. The molecular formula is C18H37. The van der Waals surface area contributed by atoms with E-state index in [1.807, 2.05) is 0 Å². The molecule has 0 nitrogen and oxygen atoms in total. The second-order valence-electron chi connectivity index (χ2n) is 7.05. The third-order valence-corrected chi connectivity index (χ3v) is 3.68. The number of unbranched alkanes of at least 4 members (excludes halogenated alkanes) is 11. The Hall–Kier alpha value is 0. The van der Waals surface area contributed by atoms with E-state index in [1.165, 1.54) is 77.0 Å². The van der Waals surface area contributed by atoms with Gasteiger partial charge in [-0.2, -0.15) is 0 Å². The molecule has 0 saturated heterocycles. The zero-order chi connectivity index (χ0) is 13.7. The number of hydrogen-bond donors (Lipinski definition) is 0. The number of hydrogen-bond acceptors (Lipinski definition) is 0. The van der Waals surface area contributed by atoms with Crippen LogP contribution in [-0.4, -0.2) is 0 Å². The molecular weight excluding hydrogens is 216 g/mol. The topological polar surface area (TPSA) is 0 Å². The Morgan fingerprint density at radius 2 is 0.889 bits per heavy atom. The first-order valence-corrected chi connectivity index (χ1v) is 8.35. The Morgan fingerprint density at radius 1 is 0.556 bits per heavy atom. The van der Waals surface area contributed by atoms with Crippen molar-refractivity contribution in [3.8, 4) is 0 Å². The molecule has 0 amide bonds. The number of rotatable bonds is 12. The van der Waals surface area contributed by atoms with Gasteiger partial charge in [0.15, 0.2) is 0 Å². The first-order valence-electron chi connectivity index (χ1n) is 8.35. The lowest BCUT2D eigenvalue weighted by Gasteiger charge is -2.17. The van der Waals surface area contributed by atoms with Crippen LogP contribution >= 0.6 is 0 Å². The van der Waals surface area contributed by atoms with Crippen LogP contribution in [0.15, 0.2) is 0 Å². The Kier molecular flexibility index (Phi) is 12.1. The molecule has 0 aliphatic carbocycles. The van der Waals surface area contributed by atoms with Crippen LogP contribution in [0, 0.1) is 12.3 Å². The lowest BCUT2D eigenvalue weighted by atomic mass is 9.89. The molecule has 0 aliphatic heterocycles. The van der Waals surface area contributed by atoms with Gasteiger partial charge in [-0.05, 0) is 11.8 Å². The molecule has 0 N–H and O–H groups in total. The molecule has 1 radical (unpaired) electrons. The fourth-order valence-electron chi connectivity index (χ4n) is 2.42. The third-order valence-electron chi connectivity index (χ3n) is 3.68. The monoisotopic (exact) mass is 253 g/mol. The van der Waals surface area contributed by atoms with Crippen molar-refractivity contribution in [1.29, 1.82) is 0 Å². The van der Waals surface area contributed by atoms with E-state index in [1.54, 1.807) is 0 Å². The maximum absolute atomic E-state index is 3.88. The van der Waals surface area contributed by atoms with Crippen LogP contribution in [0.25, 0.3) is 0 Å². The van der Waals surface area contributed by atoms with Crippen LogP contribution in [0.2, 0.25) is 0 Å². The standard InChI is InChI=1S/C18H37/c1-5-6-7-8-9-10-11-12-13-14-15-16-17-18(2,3)4/h1,5-17H2,2-4H3. The lowest BCUT2D eigenvalue weighted by molar-refractivity contribution is 0.356. The van der Waals surface area contributed by atoms with Crippen molar-refractivity contribution >= 4 is 0 Å². The van der Waals surface area contributed by atoms with Gasteiger partial charge in [0, 0.05) is 0 Å². The summed E-state index contributed by atoms with van der Waals surface area (Å²) in [5.74, 6) is 0. The van der Waals surface area contributed by atoms with E-state index in [0.29, 0.717) is 5.41 Å². The van der Waals surface area contributed by atoms with Crippen molar-refractivity contribution in [1.82, 2.24) is 0 Å². The lowest BCUT2D eigenvalue weighted by Crippen LogP contribution is -2.03. The highest BCUT2D eigenvalue weighted by molar-refractivity contribution is 4.61. The molecule has 0 bridgehead atoms. The van der Waals surface area contributed by atoms with Crippen molar-refractivity contribution in [2.45, 2.75) is 104 Å². The molecule has 0 aromatic carbocycles. The summed E-state index contributed by atoms with van der Waals surface area (Å²) in [5, 5.41) is 0. The fraction of sp³-hybridized carbons (Fsp3) is 0.944. The van der Waals surface area contributed by atoms with E-state index >= 15 is 0 Å². The second kappa shape index (κ2) is 12.1. The van der Waals surface area contributed by atoms with Gasteiger partial charge in [-0.15, -0.1) is 0 Å². The van der Waals surface area contributed by atoms with Gasteiger partial charge in [-0.1, -0.05) is 105 Å². The molecule has 18 heavy (non-hydrogen) atoms. The SMILES string of the molecule is [CH2]CCCCCCCCCCCCCC(C)(C)C. The summed E-state index contributed by atoms with van der Waals surface area (Å²) in [6.07, 6.45) is 18.3. The zero-order valence-corrected chi connectivity index (χ0v) is 13.4. The molecule has 0 atom stereocenters. The Morgan fingerprint density at radius 3 is 1.22 bits per heavy atom. The van der Waals surface area contributed by atoms with Gasteiger partial charge < -0.3 is 0 Å². The minimum absolute atomic E-state index is 0.536. The van der Waals surface area contributed by atoms with Gasteiger partial charge in [-0.3, -0.25) is 0 Å². The van der Waals surface area contributed by atoms with Crippen LogP contribution in [0.3, 0.4) is 0 Å². The fourth-order valence-corrected chi connectivity index (χ4v) is 2.42. The van der Waals surface area contributed by atoms with E-state index in [0.717, 1.165) is 6.42 Å². The third kappa shape index (κ3) is 16.0. The highest BCUT2D eigenvalue weighted by Crippen LogP contribution is 2.22. The Balaban J connectivity index is 2.99. The maximum Gasteiger partial charge on any atom is -0.0383 e. The van der Waals surface area contributed by atoms with Crippen LogP contribution in [0.1, 0.15) is 104 Å². The summed E-state index contributed by atoms with van der Waals surface area (Å²) in [7, 11) is 0. The molecule has 0 rings (SSSR count). The molecule has 0 aliphatic rings. The summed E-state index contributed by atoms with van der Waals surface area (Å²) < 4.78 is 0. The van der Waals surface area contributed by atoms with Gasteiger partial charge in [0.1, 0.15) is 0 Å². The summed E-state index contributed by atoms with van der Waals surface area (Å²) in [4.78, 5) is 0. The molecule has 0 unspecified atom stereocenters. The van der Waals surface area contributed by atoms with Crippen molar-refractivity contribution in [3.63, 3.8) is 0 Å². The normalized spacial score (nSPS) is 12.0. The van der Waals surface area contributed by atoms with Crippen LogP contribution in [0.4, 0.5) is 0 Å². The van der Waals surface area contributed by atoms with Crippen LogP contribution in [0.5, 0.6) is 0 Å². The average Bonchev–Trinajstić information content (AvgIpc) is 2.29. The van der Waals surface area contributed by atoms with E-state index in [2.05, 4.69) is 27.7 Å². The average molecular weight is 253 g/mol. The van der Waals surface area contributed by atoms with Crippen molar-refractivity contribution in [3.05, 3.63) is 6.92 Å². The molecule has 0 saturated carbocycles. The van der Waals surface area contributed by atoms with Gasteiger partial charge >= 0.3 is 0 Å². The zero-order valence-electron chi connectivity index (χ0n) is 13.4. The predicted molar refractivity (Wildman–Crippen MR) is 84.8 cm³/mol. The molecule has 109 valence electrons. The largest absolute Gasteiger partial charge is 0.0602 e. The van der Waals surface area contributed by atoms with Gasteiger partial charge in [-0.25, -0.2) is 0 Å². The first-order chi connectivity index (χ1) is 8.56. The predicted octanol–water partition coefficient (Wildman–Crippen LogP) is 6.94. The van der Waals surface area contributed by atoms with Gasteiger partial charge in [0.25, 0.3) is 0 Å². The summed E-state index contributed by atoms with van der Waals surface area (Å²) >= 11 is 0.